The highest BCUT2D eigenvalue weighted by molar-refractivity contribution is 6.23. The summed E-state index contributed by atoms with van der Waals surface area (Å²) in [4.78, 5) is 76.9. The minimum atomic E-state index is -0.978. The van der Waals surface area contributed by atoms with E-state index >= 15 is 0 Å². The van der Waals surface area contributed by atoms with Gasteiger partial charge in [0.2, 0.25) is 11.8 Å². The first-order valence-corrected chi connectivity index (χ1v) is 21.6. The van der Waals surface area contributed by atoms with E-state index in [0.29, 0.717) is 39.6 Å². The number of benzene rings is 3. The first-order chi connectivity index (χ1) is 29.8. The van der Waals surface area contributed by atoms with E-state index in [1.165, 1.54) is 0 Å². The number of piperazine rings is 1. The highest BCUT2D eigenvalue weighted by atomic mass is 16.5. The Morgan fingerprint density at radius 3 is 2.26 bits per heavy atom. The van der Waals surface area contributed by atoms with Crippen molar-refractivity contribution < 1.29 is 28.7 Å². The van der Waals surface area contributed by atoms with Gasteiger partial charge in [-0.3, -0.25) is 44.1 Å². The summed E-state index contributed by atoms with van der Waals surface area (Å²) < 4.78 is 6.60. The second-order valence-corrected chi connectivity index (χ2v) is 18.3. The molecule has 5 aliphatic heterocycles. The molecule has 320 valence electrons. The molecular weight excluding hydrogens is 785 g/mol. The Balaban J connectivity index is 0.768. The summed E-state index contributed by atoms with van der Waals surface area (Å²) in [6.07, 6.45) is 4.21. The smallest absolute Gasteiger partial charge is 0.262 e. The number of rotatable bonds is 8. The van der Waals surface area contributed by atoms with Gasteiger partial charge in [0, 0.05) is 80.2 Å². The van der Waals surface area contributed by atoms with Crippen LogP contribution >= 0.6 is 0 Å². The molecule has 3 saturated heterocycles. The monoisotopic (exact) mass is 836 g/mol. The molecule has 4 fully saturated rings. The Bertz CT molecular complexity index is 2470. The molecule has 14 heteroatoms. The fourth-order valence-corrected chi connectivity index (χ4v) is 11.3. The van der Waals surface area contributed by atoms with Gasteiger partial charge in [-0.15, -0.1) is 0 Å². The average molecular weight is 837 g/mol. The Labute approximate surface area is 361 Å². The molecule has 3 aromatic rings. The van der Waals surface area contributed by atoms with Crippen LogP contribution in [0.1, 0.15) is 95.6 Å². The van der Waals surface area contributed by atoms with Crippen LogP contribution in [0.5, 0.6) is 5.75 Å². The number of fused-ring (bicyclic) bond motifs is 3. The zero-order chi connectivity index (χ0) is 43.7. The number of allylic oxidation sites excluding steroid dienone is 1. The minimum Gasteiger partial charge on any atom is -0.488 e. The van der Waals surface area contributed by atoms with E-state index in [4.69, 9.17) is 4.74 Å². The number of hydrogen-bond acceptors (Lipinski definition) is 11. The quantitative estimate of drug-likeness (QED) is 0.223. The lowest BCUT2D eigenvalue weighted by Gasteiger charge is -2.67. The molecule has 6 aliphatic rings. The molecule has 1 aliphatic carbocycles. The third kappa shape index (κ3) is 6.56. The van der Waals surface area contributed by atoms with Crippen LogP contribution in [0.15, 0.2) is 65.7 Å². The minimum absolute atomic E-state index is 0.0882. The maximum atomic E-state index is 13.9. The van der Waals surface area contributed by atoms with Gasteiger partial charge in [-0.05, 0) is 106 Å². The Kier molecular flexibility index (Phi) is 10.3. The van der Waals surface area contributed by atoms with Crippen LogP contribution in [0.2, 0.25) is 0 Å². The van der Waals surface area contributed by atoms with E-state index in [1.807, 2.05) is 49.4 Å². The lowest BCUT2D eigenvalue weighted by molar-refractivity contribution is -0.148. The predicted octanol–water partition coefficient (Wildman–Crippen LogP) is 5.34. The SMILES string of the molecule is C=Nc1c(C#N)ccc2c1/C(=C\C)C1(C)[C@@H](NC(=O)c3ccc(N4CCC(CN5CCN(c6ccc7c(c6)C(=O)N(C6CCC(=O)NC6=O)C7=O)CC5)CC4)cc3)C(C)(C)[C@@H]1O2. The normalized spacial score (nSPS) is 26.5. The van der Waals surface area contributed by atoms with Gasteiger partial charge in [0.05, 0.1) is 33.8 Å². The summed E-state index contributed by atoms with van der Waals surface area (Å²) in [5, 5.41) is 15.4. The van der Waals surface area contributed by atoms with Crippen LogP contribution in [0.25, 0.3) is 5.57 Å². The van der Waals surface area contributed by atoms with Crippen molar-refractivity contribution in [1.29, 1.82) is 5.26 Å². The van der Waals surface area contributed by atoms with E-state index in [1.54, 1.807) is 18.2 Å². The number of ether oxygens (including phenoxy) is 1. The van der Waals surface area contributed by atoms with Gasteiger partial charge in [0.1, 0.15) is 24.0 Å². The van der Waals surface area contributed by atoms with Crippen LogP contribution < -0.4 is 25.2 Å². The van der Waals surface area contributed by atoms with Gasteiger partial charge in [-0.2, -0.15) is 5.26 Å². The number of amides is 5. The molecule has 0 spiro atoms. The molecule has 62 heavy (non-hydrogen) atoms. The molecule has 2 unspecified atom stereocenters. The van der Waals surface area contributed by atoms with E-state index in [9.17, 15) is 29.2 Å². The Morgan fingerprint density at radius 2 is 1.60 bits per heavy atom. The van der Waals surface area contributed by atoms with Gasteiger partial charge >= 0.3 is 0 Å². The van der Waals surface area contributed by atoms with Gasteiger partial charge in [0.25, 0.3) is 17.7 Å². The highest BCUT2D eigenvalue weighted by Gasteiger charge is 2.70. The Hall–Kier alpha value is -6.33. The number of anilines is 2. The Morgan fingerprint density at radius 1 is 0.919 bits per heavy atom. The number of aliphatic imine (C=N–C) groups is 1. The number of carbonyl (C=O) groups is 5. The van der Waals surface area contributed by atoms with Gasteiger partial charge in [0.15, 0.2) is 0 Å². The summed E-state index contributed by atoms with van der Waals surface area (Å²) in [7, 11) is 0. The predicted molar refractivity (Wildman–Crippen MR) is 235 cm³/mol. The molecule has 3 aromatic carbocycles. The first kappa shape index (κ1) is 41.0. The van der Waals surface area contributed by atoms with Crippen molar-refractivity contribution in [2.75, 3.05) is 55.6 Å². The fourth-order valence-electron chi connectivity index (χ4n) is 11.3. The summed E-state index contributed by atoms with van der Waals surface area (Å²) in [5.74, 6) is -0.877. The van der Waals surface area contributed by atoms with Crippen LogP contribution in [0, 0.1) is 28.1 Å². The van der Waals surface area contributed by atoms with Gasteiger partial charge < -0.3 is 19.9 Å². The molecule has 0 bridgehead atoms. The summed E-state index contributed by atoms with van der Waals surface area (Å²) in [6.45, 7) is 18.4. The molecule has 2 N–H and O–H groups in total. The van der Waals surface area contributed by atoms with Crippen molar-refractivity contribution in [3.8, 4) is 11.8 Å². The maximum Gasteiger partial charge on any atom is 0.262 e. The average Bonchev–Trinajstić information content (AvgIpc) is 3.52. The third-order valence-corrected chi connectivity index (χ3v) is 14.4. The van der Waals surface area contributed by atoms with Crippen molar-refractivity contribution in [2.45, 2.75) is 71.6 Å². The fraction of sp³-hybridized carbons (Fsp3) is 0.438. The number of piperidine rings is 2. The topological polar surface area (TPSA) is 168 Å². The molecule has 14 nitrogen and oxygen atoms in total. The van der Waals surface area contributed by atoms with Crippen LogP contribution in [0.3, 0.4) is 0 Å². The molecule has 9 rings (SSSR count). The van der Waals surface area contributed by atoms with Crippen molar-refractivity contribution in [3.63, 3.8) is 0 Å². The zero-order valence-corrected chi connectivity index (χ0v) is 35.7. The summed E-state index contributed by atoms with van der Waals surface area (Å²) in [5.41, 5.74) is 4.94. The van der Waals surface area contributed by atoms with Crippen molar-refractivity contribution in [3.05, 3.63) is 88.5 Å². The van der Waals surface area contributed by atoms with Crippen molar-refractivity contribution in [2.24, 2.45) is 21.7 Å². The molecular formula is C48H52N8O6. The number of imide groups is 2. The lowest BCUT2D eigenvalue weighted by atomic mass is 9.44. The van der Waals surface area contributed by atoms with E-state index in [2.05, 4.69) is 63.9 Å². The van der Waals surface area contributed by atoms with E-state index in [0.717, 1.165) is 86.1 Å². The molecule has 1 saturated carbocycles. The first-order valence-electron chi connectivity index (χ1n) is 21.6. The van der Waals surface area contributed by atoms with Crippen LogP contribution in [0.4, 0.5) is 17.1 Å². The number of nitrogens with one attached hydrogen (secondary N) is 2. The van der Waals surface area contributed by atoms with Gasteiger partial charge in [-0.1, -0.05) is 19.9 Å². The van der Waals surface area contributed by atoms with E-state index in [-0.39, 0.29) is 36.3 Å². The van der Waals surface area contributed by atoms with Crippen LogP contribution in [-0.2, 0) is 9.59 Å². The van der Waals surface area contributed by atoms with Gasteiger partial charge in [-0.25, -0.2) is 0 Å². The standard InChI is InChI=1S/C48H52N8O6/c1-6-35-39-37(15-9-30(26-49)40(39)50-5)62-46-47(2,3)45(48(35,46)4)52-41(58)29-7-10-31(11-8-29)54-19-17-28(18-20-54)27-53-21-23-55(24-22-53)32-12-13-33-34(25-32)44(61)56(43(33)60)36-14-16-38(57)51-42(36)59/h6-13,15,25,28,36,45-46H,5,14,16-24,27H2,1-4H3,(H,52,58)(H,51,57,59)/b35-6+/t36?,45-,46-,48?/m0/s1. The summed E-state index contributed by atoms with van der Waals surface area (Å²) >= 11 is 0. The molecule has 5 heterocycles. The molecule has 0 radical (unpaired) electrons. The number of nitrogens with zero attached hydrogens (tertiary/aromatic N) is 6. The van der Waals surface area contributed by atoms with Crippen molar-refractivity contribution in [1.82, 2.24) is 20.4 Å². The zero-order valence-electron chi connectivity index (χ0n) is 35.7. The highest BCUT2D eigenvalue weighted by Crippen LogP contribution is 2.66. The largest absolute Gasteiger partial charge is 0.488 e. The molecule has 0 aromatic heterocycles. The third-order valence-electron chi connectivity index (χ3n) is 14.4. The van der Waals surface area contributed by atoms with E-state index < -0.39 is 35.1 Å². The molecule has 5 amide bonds. The summed E-state index contributed by atoms with van der Waals surface area (Å²) in [6, 6.07) is 17.8. The number of nitriles is 1. The number of hydrogen-bond donors (Lipinski definition) is 2. The van der Waals surface area contributed by atoms with Crippen molar-refractivity contribution >= 4 is 58.9 Å². The maximum absolute atomic E-state index is 13.9. The number of carbonyl (C=O) groups excluding carboxylic acids is 5. The molecule has 4 atom stereocenters. The second kappa shape index (κ2) is 15.5. The second-order valence-electron chi connectivity index (χ2n) is 18.3. The van der Waals surface area contributed by atoms with Crippen LogP contribution in [-0.4, -0.2) is 110 Å². The lowest BCUT2D eigenvalue weighted by Crippen LogP contribution is -2.76.